The van der Waals surface area contributed by atoms with Crippen LogP contribution in [0.1, 0.15) is 49.6 Å². The maximum Gasteiger partial charge on any atom is 0.158 e. The van der Waals surface area contributed by atoms with Crippen LogP contribution in [0.3, 0.4) is 0 Å². The van der Waals surface area contributed by atoms with E-state index in [0.717, 1.165) is 34.4 Å². The number of aryl methyl sites for hydroxylation is 1. The minimum absolute atomic E-state index is 0.349. The molecule has 0 saturated carbocycles. The molecule has 0 radical (unpaired) electrons. The quantitative estimate of drug-likeness (QED) is 0.280. The number of nitrogens with one attached hydrogen (secondary N) is 1. The summed E-state index contributed by atoms with van der Waals surface area (Å²) in [5.74, 6) is 1.50. The summed E-state index contributed by atoms with van der Waals surface area (Å²) < 4.78 is 0. The van der Waals surface area contributed by atoms with Crippen molar-refractivity contribution >= 4 is 44.4 Å². The molecule has 5 heteroatoms. The molecule has 0 saturated heterocycles. The van der Waals surface area contributed by atoms with Gasteiger partial charge in [-0.1, -0.05) is 69.7 Å². The van der Waals surface area contributed by atoms with E-state index in [2.05, 4.69) is 83.7 Å². The van der Waals surface area contributed by atoms with E-state index >= 15 is 0 Å². The molecule has 31 heavy (non-hydrogen) atoms. The van der Waals surface area contributed by atoms with Crippen molar-refractivity contribution in [3.8, 4) is 0 Å². The summed E-state index contributed by atoms with van der Waals surface area (Å²) in [6.45, 7) is 7.11. The van der Waals surface area contributed by atoms with Crippen molar-refractivity contribution in [2.45, 2.75) is 46.5 Å². The van der Waals surface area contributed by atoms with E-state index in [1.54, 1.807) is 6.33 Å². The van der Waals surface area contributed by atoms with Crippen LogP contribution in [0.4, 0.5) is 5.82 Å². The Morgan fingerprint density at radius 3 is 2.87 bits per heavy atom. The Kier molecular flexibility index (Phi) is 5.22. The standard InChI is InChI=1S/C26H28N4S/c1-4-26(2,3)19-12-13-22-21(14-19)23-24(27-16-28-25(23)31-22)30-29-15-18-10-7-9-17-8-5-6-11-20(17)18/h5-11,15-16,19H,4,12-14H2,1-3H3,(H,27,28,30)/b29-15-/t19-/m0/s1. The fraction of sp³-hybridized carbons (Fsp3) is 0.346. The van der Waals surface area contributed by atoms with Gasteiger partial charge in [-0.3, -0.25) is 5.43 Å². The minimum atomic E-state index is 0.349. The molecule has 0 aliphatic heterocycles. The van der Waals surface area contributed by atoms with Crippen LogP contribution in [0.15, 0.2) is 53.9 Å². The first-order valence-corrected chi connectivity index (χ1v) is 11.9. The number of aromatic nitrogens is 2. The molecule has 0 unspecified atom stereocenters. The van der Waals surface area contributed by atoms with Gasteiger partial charge in [-0.2, -0.15) is 5.10 Å². The van der Waals surface area contributed by atoms with Crippen LogP contribution in [0.2, 0.25) is 0 Å². The third kappa shape index (κ3) is 3.72. The van der Waals surface area contributed by atoms with Gasteiger partial charge in [0.25, 0.3) is 0 Å². The van der Waals surface area contributed by atoms with E-state index in [1.165, 1.54) is 34.1 Å². The smallest absolute Gasteiger partial charge is 0.158 e. The lowest BCUT2D eigenvalue weighted by Crippen LogP contribution is -2.28. The molecule has 1 atom stereocenters. The molecule has 4 nitrogen and oxygen atoms in total. The average molecular weight is 429 g/mol. The van der Waals surface area contributed by atoms with Crippen molar-refractivity contribution in [1.29, 1.82) is 0 Å². The number of benzene rings is 2. The number of anilines is 1. The predicted octanol–water partition coefficient (Wildman–Crippen LogP) is 6.83. The van der Waals surface area contributed by atoms with Crippen LogP contribution >= 0.6 is 11.3 Å². The first kappa shape index (κ1) is 20.1. The van der Waals surface area contributed by atoms with Crippen molar-refractivity contribution in [2.75, 3.05) is 5.43 Å². The highest BCUT2D eigenvalue weighted by atomic mass is 32.1. The third-order valence-corrected chi connectivity index (χ3v) is 8.25. The van der Waals surface area contributed by atoms with Gasteiger partial charge < -0.3 is 0 Å². The SMILES string of the molecule is CCC(C)(C)[C@H]1CCc2sc3ncnc(N/N=C\c4cccc5ccccc45)c3c2C1. The zero-order valence-electron chi connectivity index (χ0n) is 18.4. The van der Waals surface area contributed by atoms with Crippen molar-refractivity contribution < 1.29 is 0 Å². The van der Waals surface area contributed by atoms with Gasteiger partial charge in [0.05, 0.1) is 11.6 Å². The molecule has 0 spiro atoms. The number of rotatable bonds is 5. The normalized spacial score (nSPS) is 16.8. The lowest BCUT2D eigenvalue weighted by Gasteiger charge is -2.36. The number of hydrogen-bond donors (Lipinski definition) is 1. The highest BCUT2D eigenvalue weighted by molar-refractivity contribution is 7.19. The van der Waals surface area contributed by atoms with Crippen LogP contribution in [-0.4, -0.2) is 16.2 Å². The molecule has 2 heterocycles. The van der Waals surface area contributed by atoms with Crippen LogP contribution in [0, 0.1) is 11.3 Å². The van der Waals surface area contributed by atoms with E-state index in [4.69, 9.17) is 0 Å². The highest BCUT2D eigenvalue weighted by Gasteiger charge is 2.33. The maximum absolute atomic E-state index is 4.58. The number of thiophene rings is 1. The molecule has 0 amide bonds. The van der Waals surface area contributed by atoms with Crippen molar-refractivity contribution in [3.05, 3.63) is 64.8 Å². The van der Waals surface area contributed by atoms with Crippen LogP contribution in [-0.2, 0) is 12.8 Å². The lowest BCUT2D eigenvalue weighted by atomic mass is 9.69. The summed E-state index contributed by atoms with van der Waals surface area (Å²) in [6, 6.07) is 14.7. The Hall–Kier alpha value is -2.79. The summed E-state index contributed by atoms with van der Waals surface area (Å²) in [6.07, 6.45) is 8.24. The molecule has 2 aromatic carbocycles. The molecular formula is C26H28N4S. The van der Waals surface area contributed by atoms with E-state index in [0.29, 0.717) is 11.3 Å². The molecule has 2 aromatic heterocycles. The summed E-state index contributed by atoms with van der Waals surface area (Å²) in [7, 11) is 0. The number of hydrazone groups is 1. The van der Waals surface area contributed by atoms with Crippen molar-refractivity contribution in [2.24, 2.45) is 16.4 Å². The Labute approximate surface area is 187 Å². The second kappa shape index (κ2) is 8.04. The minimum Gasteiger partial charge on any atom is -0.261 e. The molecule has 1 aliphatic carbocycles. The average Bonchev–Trinajstić information content (AvgIpc) is 3.18. The van der Waals surface area contributed by atoms with Crippen LogP contribution < -0.4 is 5.43 Å². The molecule has 5 rings (SSSR count). The first-order chi connectivity index (χ1) is 15.1. The predicted molar refractivity (Wildman–Crippen MR) is 132 cm³/mol. The van der Waals surface area contributed by atoms with Crippen LogP contribution in [0.25, 0.3) is 21.0 Å². The number of hydrogen-bond acceptors (Lipinski definition) is 5. The van der Waals surface area contributed by atoms with Gasteiger partial charge in [0.15, 0.2) is 5.82 Å². The van der Waals surface area contributed by atoms with Gasteiger partial charge in [-0.15, -0.1) is 11.3 Å². The summed E-state index contributed by atoms with van der Waals surface area (Å²) >= 11 is 1.82. The van der Waals surface area contributed by atoms with Gasteiger partial charge in [-0.05, 0) is 46.9 Å². The van der Waals surface area contributed by atoms with Crippen molar-refractivity contribution in [3.63, 3.8) is 0 Å². The second-order valence-corrected chi connectivity index (χ2v) is 10.2. The monoisotopic (exact) mass is 428 g/mol. The fourth-order valence-corrected chi connectivity index (χ4v) is 5.86. The summed E-state index contributed by atoms with van der Waals surface area (Å²) in [5.41, 5.74) is 6.10. The molecule has 0 bridgehead atoms. The Morgan fingerprint density at radius 2 is 2.00 bits per heavy atom. The largest absolute Gasteiger partial charge is 0.261 e. The van der Waals surface area contributed by atoms with Gasteiger partial charge in [0, 0.05) is 10.4 Å². The summed E-state index contributed by atoms with van der Waals surface area (Å²) in [4.78, 5) is 11.7. The van der Waals surface area contributed by atoms with Crippen molar-refractivity contribution in [1.82, 2.24) is 9.97 Å². The van der Waals surface area contributed by atoms with Gasteiger partial charge in [-0.25, -0.2) is 9.97 Å². The maximum atomic E-state index is 4.58. The summed E-state index contributed by atoms with van der Waals surface area (Å²) in [5, 5.41) is 8.14. The molecule has 4 aromatic rings. The molecular weight excluding hydrogens is 400 g/mol. The van der Waals surface area contributed by atoms with Gasteiger partial charge in [0.2, 0.25) is 0 Å². The third-order valence-electron chi connectivity index (χ3n) is 7.05. The molecule has 158 valence electrons. The number of nitrogens with zero attached hydrogens (tertiary/aromatic N) is 3. The Balaban J connectivity index is 1.47. The van der Waals surface area contributed by atoms with Gasteiger partial charge in [0.1, 0.15) is 11.2 Å². The topological polar surface area (TPSA) is 50.2 Å². The Morgan fingerprint density at radius 1 is 1.16 bits per heavy atom. The fourth-order valence-electron chi connectivity index (χ4n) is 4.67. The van der Waals surface area contributed by atoms with E-state index in [1.807, 2.05) is 17.6 Å². The zero-order valence-corrected chi connectivity index (χ0v) is 19.2. The Bertz CT molecular complexity index is 1270. The van der Waals surface area contributed by atoms with Crippen LogP contribution in [0.5, 0.6) is 0 Å². The lowest BCUT2D eigenvalue weighted by molar-refractivity contribution is 0.184. The van der Waals surface area contributed by atoms with E-state index < -0.39 is 0 Å². The number of fused-ring (bicyclic) bond motifs is 4. The van der Waals surface area contributed by atoms with E-state index in [9.17, 15) is 0 Å². The zero-order chi connectivity index (χ0) is 21.4. The first-order valence-electron chi connectivity index (χ1n) is 11.1. The highest BCUT2D eigenvalue weighted by Crippen LogP contribution is 2.45. The molecule has 1 N–H and O–H groups in total. The molecule has 0 fully saturated rings. The molecule has 1 aliphatic rings. The van der Waals surface area contributed by atoms with Gasteiger partial charge >= 0.3 is 0 Å². The van der Waals surface area contributed by atoms with E-state index in [-0.39, 0.29) is 0 Å². The second-order valence-electron chi connectivity index (χ2n) is 9.13.